The highest BCUT2D eigenvalue weighted by Gasteiger charge is 2.32. The Bertz CT molecular complexity index is 595. The van der Waals surface area contributed by atoms with Crippen molar-refractivity contribution in [1.29, 1.82) is 0 Å². The topological polar surface area (TPSA) is 38.3 Å². The number of hydrogen-bond donors (Lipinski definition) is 1. The minimum Gasteiger partial charge on any atom is -0.491 e. The van der Waals surface area contributed by atoms with Crippen molar-refractivity contribution in [3.63, 3.8) is 0 Å². The molecule has 1 heterocycles. The number of carbonyl (C=O) groups excluding carboxylic acids is 1. The van der Waals surface area contributed by atoms with Crippen molar-refractivity contribution in [2.75, 3.05) is 6.61 Å². The third-order valence-electron chi connectivity index (χ3n) is 4.89. The smallest absolute Gasteiger partial charge is 0.220 e. The minimum absolute atomic E-state index is 0.216. The Morgan fingerprint density at radius 1 is 1.33 bits per heavy atom. The summed E-state index contributed by atoms with van der Waals surface area (Å²) in [5.41, 5.74) is 4.12. The lowest BCUT2D eigenvalue weighted by Crippen LogP contribution is -2.25. The van der Waals surface area contributed by atoms with E-state index in [-0.39, 0.29) is 5.91 Å². The number of fused-ring (bicyclic) bond motifs is 3. The second-order valence-electron chi connectivity index (χ2n) is 6.45. The zero-order valence-electron chi connectivity index (χ0n) is 12.1. The molecule has 3 aliphatic rings. The largest absolute Gasteiger partial charge is 0.491 e. The van der Waals surface area contributed by atoms with Crippen LogP contribution in [0.2, 0.25) is 5.02 Å². The Balaban J connectivity index is 1.50. The van der Waals surface area contributed by atoms with Crippen molar-refractivity contribution in [3.05, 3.63) is 27.8 Å². The average molecular weight is 306 g/mol. The van der Waals surface area contributed by atoms with Gasteiger partial charge in [-0.3, -0.25) is 4.79 Å². The zero-order valence-corrected chi connectivity index (χ0v) is 12.8. The van der Waals surface area contributed by atoms with Crippen LogP contribution in [0.1, 0.15) is 54.7 Å². The molecule has 1 N–H and O–H groups in total. The lowest BCUT2D eigenvalue weighted by atomic mass is 9.91. The molecule has 0 bridgehead atoms. The van der Waals surface area contributed by atoms with E-state index in [1.165, 1.54) is 16.7 Å². The van der Waals surface area contributed by atoms with E-state index in [2.05, 4.69) is 11.4 Å². The summed E-state index contributed by atoms with van der Waals surface area (Å²) in [4.78, 5) is 11.9. The van der Waals surface area contributed by atoms with Gasteiger partial charge in [-0.2, -0.15) is 0 Å². The zero-order chi connectivity index (χ0) is 14.4. The van der Waals surface area contributed by atoms with Gasteiger partial charge in [0, 0.05) is 24.4 Å². The van der Waals surface area contributed by atoms with Crippen molar-refractivity contribution in [3.8, 4) is 5.75 Å². The maximum atomic E-state index is 11.9. The Hall–Kier alpha value is -1.22. The Kier molecular flexibility index (Phi) is 3.33. The van der Waals surface area contributed by atoms with Crippen LogP contribution < -0.4 is 10.1 Å². The lowest BCUT2D eigenvalue weighted by Gasteiger charge is -2.15. The monoisotopic (exact) mass is 305 g/mol. The molecule has 0 aromatic heterocycles. The van der Waals surface area contributed by atoms with Gasteiger partial charge in [-0.15, -0.1) is 0 Å². The summed E-state index contributed by atoms with van der Waals surface area (Å²) in [5.74, 6) is 1.61. The van der Waals surface area contributed by atoms with Gasteiger partial charge in [0.2, 0.25) is 5.91 Å². The van der Waals surface area contributed by atoms with Crippen LogP contribution in [-0.2, 0) is 17.6 Å². The van der Waals surface area contributed by atoms with Crippen LogP contribution in [0.3, 0.4) is 0 Å². The molecule has 112 valence electrons. The summed E-state index contributed by atoms with van der Waals surface area (Å²) < 4.78 is 5.68. The fourth-order valence-electron chi connectivity index (χ4n) is 3.73. The Morgan fingerprint density at radius 2 is 2.19 bits per heavy atom. The molecule has 1 aliphatic heterocycles. The SMILES string of the molecule is O=C(CC[C@@H]1CCc2cc(Cl)c3c(c21)CCO3)NC1CC1. The van der Waals surface area contributed by atoms with Crippen LogP contribution in [0.4, 0.5) is 0 Å². The summed E-state index contributed by atoms with van der Waals surface area (Å²) in [6.45, 7) is 0.737. The van der Waals surface area contributed by atoms with Crippen LogP contribution in [0.5, 0.6) is 5.75 Å². The fraction of sp³-hybridized carbons (Fsp3) is 0.588. The maximum Gasteiger partial charge on any atom is 0.220 e. The second kappa shape index (κ2) is 5.20. The Morgan fingerprint density at radius 3 is 3.00 bits per heavy atom. The van der Waals surface area contributed by atoms with Gasteiger partial charge in [0.15, 0.2) is 0 Å². The summed E-state index contributed by atoms with van der Waals surface area (Å²) in [7, 11) is 0. The predicted molar refractivity (Wildman–Crippen MR) is 82.1 cm³/mol. The summed E-state index contributed by atoms with van der Waals surface area (Å²) in [6.07, 6.45) is 7.07. The molecule has 21 heavy (non-hydrogen) atoms. The van der Waals surface area contributed by atoms with E-state index in [1.807, 2.05) is 0 Å². The van der Waals surface area contributed by atoms with Crippen molar-refractivity contribution < 1.29 is 9.53 Å². The van der Waals surface area contributed by atoms with Gasteiger partial charge in [0.1, 0.15) is 5.75 Å². The highest BCUT2D eigenvalue weighted by molar-refractivity contribution is 6.32. The van der Waals surface area contributed by atoms with Crippen LogP contribution in [-0.4, -0.2) is 18.6 Å². The number of carbonyl (C=O) groups is 1. The van der Waals surface area contributed by atoms with Crippen LogP contribution in [0.25, 0.3) is 0 Å². The number of halogens is 1. The number of amides is 1. The molecule has 1 fully saturated rings. The first kappa shape index (κ1) is 13.4. The number of aryl methyl sites for hydroxylation is 1. The third-order valence-corrected chi connectivity index (χ3v) is 5.17. The molecule has 0 unspecified atom stereocenters. The van der Waals surface area contributed by atoms with Crippen LogP contribution in [0, 0.1) is 0 Å². The molecule has 1 amide bonds. The van der Waals surface area contributed by atoms with Gasteiger partial charge in [0.25, 0.3) is 0 Å². The molecule has 0 radical (unpaired) electrons. The number of hydrogen-bond acceptors (Lipinski definition) is 2. The van der Waals surface area contributed by atoms with Gasteiger partial charge in [-0.1, -0.05) is 11.6 Å². The number of ether oxygens (including phenoxy) is 1. The predicted octanol–water partition coefficient (Wildman–Crippen LogP) is 3.36. The van der Waals surface area contributed by atoms with Gasteiger partial charge < -0.3 is 10.1 Å². The average Bonchev–Trinajstić information content (AvgIpc) is 2.99. The van der Waals surface area contributed by atoms with Crippen molar-refractivity contribution in [2.45, 2.75) is 56.9 Å². The lowest BCUT2D eigenvalue weighted by molar-refractivity contribution is -0.121. The van der Waals surface area contributed by atoms with Crippen molar-refractivity contribution in [2.24, 2.45) is 0 Å². The van der Waals surface area contributed by atoms with Gasteiger partial charge in [-0.25, -0.2) is 0 Å². The molecule has 0 saturated heterocycles. The summed E-state index contributed by atoms with van der Waals surface area (Å²) in [5, 5.41) is 3.84. The van der Waals surface area contributed by atoms with E-state index < -0.39 is 0 Å². The molecule has 3 nitrogen and oxygen atoms in total. The van der Waals surface area contributed by atoms with E-state index in [0.717, 1.165) is 55.9 Å². The Labute approximate surface area is 130 Å². The molecule has 4 heteroatoms. The first-order chi connectivity index (χ1) is 10.2. The minimum atomic E-state index is 0.216. The maximum absolute atomic E-state index is 11.9. The van der Waals surface area contributed by atoms with E-state index >= 15 is 0 Å². The van der Waals surface area contributed by atoms with Gasteiger partial charge in [0.05, 0.1) is 11.6 Å². The first-order valence-electron chi connectivity index (χ1n) is 7.98. The molecule has 2 aliphatic carbocycles. The van der Waals surface area contributed by atoms with E-state index in [9.17, 15) is 4.79 Å². The van der Waals surface area contributed by atoms with E-state index in [4.69, 9.17) is 16.3 Å². The van der Waals surface area contributed by atoms with Crippen LogP contribution >= 0.6 is 11.6 Å². The normalized spacial score (nSPS) is 22.6. The fourth-order valence-corrected chi connectivity index (χ4v) is 4.03. The molecule has 1 aromatic carbocycles. The molecular weight excluding hydrogens is 286 g/mol. The van der Waals surface area contributed by atoms with E-state index in [1.54, 1.807) is 0 Å². The molecular formula is C17H20ClNO2. The van der Waals surface area contributed by atoms with E-state index in [0.29, 0.717) is 18.4 Å². The highest BCUT2D eigenvalue weighted by atomic mass is 35.5. The second-order valence-corrected chi connectivity index (χ2v) is 6.86. The van der Waals surface area contributed by atoms with Crippen molar-refractivity contribution >= 4 is 17.5 Å². The highest BCUT2D eigenvalue weighted by Crippen LogP contribution is 2.46. The van der Waals surface area contributed by atoms with Gasteiger partial charge in [-0.05, 0) is 55.2 Å². The standard InChI is InChI=1S/C17H20ClNO2/c18-14-9-11-2-1-10(3-6-15(20)19-12-4-5-12)16(11)13-7-8-21-17(13)14/h9-10,12H,1-8H2,(H,19,20)/t10-/m0/s1. The molecule has 1 atom stereocenters. The third kappa shape index (κ3) is 2.52. The number of rotatable bonds is 4. The summed E-state index contributed by atoms with van der Waals surface area (Å²) in [6, 6.07) is 2.54. The molecule has 1 saturated carbocycles. The quantitative estimate of drug-likeness (QED) is 0.926. The molecule has 4 rings (SSSR count). The van der Waals surface area contributed by atoms with Crippen molar-refractivity contribution in [1.82, 2.24) is 5.32 Å². The summed E-state index contributed by atoms with van der Waals surface area (Å²) >= 11 is 6.30. The number of nitrogens with one attached hydrogen (secondary N) is 1. The first-order valence-corrected chi connectivity index (χ1v) is 8.36. The van der Waals surface area contributed by atoms with Crippen LogP contribution in [0.15, 0.2) is 6.07 Å². The molecule has 1 aromatic rings. The van der Waals surface area contributed by atoms with Gasteiger partial charge >= 0.3 is 0 Å². The number of benzene rings is 1. The molecule has 0 spiro atoms.